The van der Waals surface area contributed by atoms with Gasteiger partial charge >= 0.3 is 5.97 Å². The molecular formula is C20H38NO3+. The lowest BCUT2D eigenvalue weighted by molar-refractivity contribution is -0.883. The fourth-order valence-electron chi connectivity index (χ4n) is 4.56. The molecule has 2 aliphatic rings. The first-order valence-corrected chi connectivity index (χ1v) is 9.57. The number of hydrogen-bond acceptors (Lipinski definition) is 3. The number of esters is 1. The maximum atomic E-state index is 11.9. The van der Waals surface area contributed by atoms with E-state index in [1.54, 1.807) is 0 Å². The van der Waals surface area contributed by atoms with Gasteiger partial charge in [0.2, 0.25) is 0 Å². The van der Waals surface area contributed by atoms with Gasteiger partial charge in [0.05, 0.1) is 33.4 Å². The van der Waals surface area contributed by atoms with E-state index in [-0.39, 0.29) is 5.97 Å². The molecule has 0 aromatic carbocycles. The highest BCUT2D eigenvalue weighted by Crippen LogP contribution is 2.66. The Labute approximate surface area is 148 Å². The van der Waals surface area contributed by atoms with Crippen LogP contribution in [0.4, 0.5) is 0 Å². The number of fused-ring (bicyclic) bond motifs is 2. The zero-order valence-corrected chi connectivity index (χ0v) is 16.9. The Morgan fingerprint density at radius 3 is 2.42 bits per heavy atom. The topological polar surface area (TPSA) is 35.5 Å². The van der Waals surface area contributed by atoms with Crippen molar-refractivity contribution in [2.75, 3.05) is 40.4 Å². The first kappa shape index (κ1) is 19.7. The third-order valence-corrected chi connectivity index (χ3v) is 6.86. The summed E-state index contributed by atoms with van der Waals surface area (Å²) in [4.78, 5) is 11.9. The number of carbonyl (C=O) groups excluding carboxylic acids is 1. The van der Waals surface area contributed by atoms with E-state index >= 15 is 0 Å². The molecule has 0 saturated heterocycles. The van der Waals surface area contributed by atoms with E-state index in [0.717, 1.165) is 12.5 Å². The number of carbonyl (C=O) groups is 1. The molecule has 0 amide bonds. The SMILES string of the molecule is CC(C)COC(=O)C[N+](C)(C)CCO[C@@H]1C[C@@H]2CC[C@@]1(C)C2(C)C. The number of rotatable bonds is 8. The average Bonchev–Trinajstić information content (AvgIpc) is 2.77. The van der Waals surface area contributed by atoms with Crippen molar-refractivity contribution >= 4 is 5.97 Å². The van der Waals surface area contributed by atoms with E-state index in [9.17, 15) is 4.79 Å². The summed E-state index contributed by atoms with van der Waals surface area (Å²) in [5.41, 5.74) is 0.702. The maximum Gasteiger partial charge on any atom is 0.361 e. The van der Waals surface area contributed by atoms with E-state index in [4.69, 9.17) is 9.47 Å². The van der Waals surface area contributed by atoms with Crippen LogP contribution >= 0.6 is 0 Å². The molecule has 2 rings (SSSR count). The fraction of sp³-hybridized carbons (Fsp3) is 0.950. The molecule has 0 radical (unpaired) electrons. The van der Waals surface area contributed by atoms with Gasteiger partial charge in [-0.25, -0.2) is 4.79 Å². The predicted molar refractivity (Wildman–Crippen MR) is 96.6 cm³/mol. The van der Waals surface area contributed by atoms with Crippen LogP contribution in [0.1, 0.15) is 53.9 Å². The molecule has 4 heteroatoms. The van der Waals surface area contributed by atoms with Gasteiger partial charge in [-0.05, 0) is 41.9 Å². The van der Waals surface area contributed by atoms with Crippen molar-refractivity contribution in [3.8, 4) is 0 Å². The molecule has 0 unspecified atom stereocenters. The summed E-state index contributed by atoms with van der Waals surface area (Å²) in [7, 11) is 4.15. The minimum atomic E-state index is -0.110. The zero-order chi connectivity index (χ0) is 18.2. The van der Waals surface area contributed by atoms with Crippen LogP contribution in [-0.2, 0) is 14.3 Å². The summed E-state index contributed by atoms with van der Waals surface area (Å²) in [5, 5.41) is 0. The van der Waals surface area contributed by atoms with Gasteiger partial charge in [-0.1, -0.05) is 34.6 Å². The van der Waals surface area contributed by atoms with E-state index in [0.29, 0.717) is 47.1 Å². The molecule has 0 heterocycles. The van der Waals surface area contributed by atoms with Crippen LogP contribution in [0, 0.1) is 22.7 Å². The van der Waals surface area contributed by atoms with Crippen molar-refractivity contribution in [2.45, 2.75) is 60.0 Å². The molecule has 0 aromatic heterocycles. The summed E-state index contributed by atoms with van der Waals surface area (Å²) in [6.07, 6.45) is 4.22. The van der Waals surface area contributed by atoms with E-state index in [1.807, 2.05) is 0 Å². The van der Waals surface area contributed by atoms with Gasteiger partial charge in [0.25, 0.3) is 0 Å². The van der Waals surface area contributed by atoms with Crippen LogP contribution < -0.4 is 0 Å². The molecular weight excluding hydrogens is 302 g/mol. The Morgan fingerprint density at radius 1 is 1.25 bits per heavy atom. The second kappa shape index (κ2) is 6.95. The molecule has 3 atom stereocenters. The van der Waals surface area contributed by atoms with Crippen molar-refractivity contribution in [1.82, 2.24) is 0 Å². The van der Waals surface area contributed by atoms with Gasteiger partial charge in [-0.3, -0.25) is 0 Å². The van der Waals surface area contributed by atoms with E-state index < -0.39 is 0 Å². The molecule has 2 fully saturated rings. The molecule has 2 aliphatic carbocycles. The van der Waals surface area contributed by atoms with Crippen LogP contribution in [0.15, 0.2) is 0 Å². The van der Waals surface area contributed by atoms with E-state index in [2.05, 4.69) is 48.7 Å². The summed E-state index contributed by atoms with van der Waals surface area (Å²) >= 11 is 0. The van der Waals surface area contributed by atoms with Crippen molar-refractivity contribution in [1.29, 1.82) is 0 Å². The summed E-state index contributed by atoms with van der Waals surface area (Å²) in [6, 6.07) is 0. The summed E-state index contributed by atoms with van der Waals surface area (Å²) < 4.78 is 12.2. The molecule has 140 valence electrons. The van der Waals surface area contributed by atoms with Crippen LogP contribution in [0.3, 0.4) is 0 Å². The standard InChI is InChI=1S/C20H38NO3/c1-15(2)14-24-18(22)13-21(6,7)10-11-23-17-12-16-8-9-20(17,5)19(16,3)4/h15-17H,8-14H2,1-7H3/q+1/t16-,17+,20+/m0/s1. The minimum absolute atomic E-state index is 0.110. The van der Waals surface area contributed by atoms with Gasteiger partial charge in [-0.2, -0.15) is 0 Å². The first-order chi connectivity index (χ1) is 11.0. The van der Waals surface area contributed by atoms with Gasteiger partial charge < -0.3 is 14.0 Å². The van der Waals surface area contributed by atoms with E-state index in [1.165, 1.54) is 19.3 Å². The summed E-state index contributed by atoms with van der Waals surface area (Å²) in [6.45, 7) is 13.8. The van der Waals surface area contributed by atoms with Crippen LogP contribution in [-0.4, -0.2) is 57.0 Å². The Bertz CT molecular complexity index is 458. The maximum absolute atomic E-state index is 11.9. The van der Waals surface area contributed by atoms with Gasteiger partial charge in [-0.15, -0.1) is 0 Å². The number of ether oxygens (including phenoxy) is 2. The monoisotopic (exact) mass is 340 g/mol. The van der Waals surface area contributed by atoms with Crippen molar-refractivity contribution in [3.63, 3.8) is 0 Å². The van der Waals surface area contributed by atoms with Crippen LogP contribution in [0.25, 0.3) is 0 Å². The lowest BCUT2D eigenvalue weighted by Gasteiger charge is -2.39. The predicted octanol–water partition coefficient (Wildman–Crippen LogP) is 3.49. The number of hydrogen-bond donors (Lipinski definition) is 0. The zero-order valence-electron chi connectivity index (χ0n) is 16.9. The average molecular weight is 341 g/mol. The highest BCUT2D eigenvalue weighted by molar-refractivity contribution is 5.70. The lowest BCUT2D eigenvalue weighted by Crippen LogP contribution is -2.47. The van der Waals surface area contributed by atoms with Gasteiger partial charge in [0, 0.05) is 0 Å². The Hall–Kier alpha value is -0.610. The molecule has 24 heavy (non-hydrogen) atoms. The Balaban J connectivity index is 1.76. The Kier molecular flexibility index (Phi) is 5.71. The molecule has 0 aromatic rings. The quantitative estimate of drug-likeness (QED) is 0.501. The molecule has 4 nitrogen and oxygen atoms in total. The summed E-state index contributed by atoms with van der Waals surface area (Å²) in [5.74, 6) is 1.08. The van der Waals surface area contributed by atoms with Gasteiger partial charge in [0.1, 0.15) is 6.54 Å². The molecule has 0 aliphatic heterocycles. The third kappa shape index (κ3) is 3.96. The first-order valence-electron chi connectivity index (χ1n) is 9.57. The number of quaternary nitrogens is 1. The smallest absolute Gasteiger partial charge is 0.361 e. The second-order valence-corrected chi connectivity index (χ2v) is 9.86. The Morgan fingerprint density at radius 2 is 1.92 bits per heavy atom. The number of nitrogens with zero attached hydrogens (tertiary/aromatic N) is 1. The van der Waals surface area contributed by atoms with Crippen molar-refractivity contribution in [3.05, 3.63) is 0 Å². The highest BCUT2D eigenvalue weighted by atomic mass is 16.5. The van der Waals surface area contributed by atoms with Crippen molar-refractivity contribution < 1.29 is 18.8 Å². The number of likely N-dealkylation sites (N-methyl/N-ethyl adjacent to an activating group) is 1. The highest BCUT2D eigenvalue weighted by Gasteiger charge is 2.61. The minimum Gasteiger partial charge on any atom is -0.461 e. The molecule has 2 saturated carbocycles. The third-order valence-electron chi connectivity index (χ3n) is 6.86. The van der Waals surface area contributed by atoms with Crippen LogP contribution in [0.2, 0.25) is 0 Å². The lowest BCUT2D eigenvalue weighted by atomic mass is 9.70. The fourth-order valence-corrected chi connectivity index (χ4v) is 4.56. The van der Waals surface area contributed by atoms with Gasteiger partial charge in [0.15, 0.2) is 6.54 Å². The van der Waals surface area contributed by atoms with Crippen molar-refractivity contribution in [2.24, 2.45) is 22.7 Å². The molecule has 2 bridgehead atoms. The normalized spacial score (nSPS) is 31.7. The molecule has 0 N–H and O–H groups in total. The molecule has 0 spiro atoms. The second-order valence-electron chi connectivity index (χ2n) is 9.86. The van der Waals surface area contributed by atoms with Crippen LogP contribution in [0.5, 0.6) is 0 Å². The largest absolute Gasteiger partial charge is 0.461 e.